The van der Waals surface area contributed by atoms with E-state index in [1.807, 2.05) is 7.05 Å². The number of hydrogen-bond acceptors (Lipinski definition) is 4. The second kappa shape index (κ2) is 7.18. The van der Waals surface area contributed by atoms with Crippen LogP contribution in [-0.2, 0) is 6.54 Å². The van der Waals surface area contributed by atoms with Crippen molar-refractivity contribution in [2.75, 3.05) is 12.4 Å². The normalized spacial score (nSPS) is 10.7. The molecule has 0 radical (unpaired) electrons. The zero-order valence-corrected chi connectivity index (χ0v) is 13.3. The summed E-state index contributed by atoms with van der Waals surface area (Å²) < 4.78 is 28.0. The van der Waals surface area contributed by atoms with Crippen molar-refractivity contribution in [3.63, 3.8) is 0 Å². The van der Waals surface area contributed by atoms with Gasteiger partial charge in [0, 0.05) is 23.9 Å². The SMILES string of the molecule is CNCc1cn(-c2cccc(NC(=O)c3cc(F)cc(F)c3)c2)nn1. The molecule has 2 aromatic carbocycles. The van der Waals surface area contributed by atoms with Crippen LogP contribution in [0.2, 0.25) is 0 Å². The van der Waals surface area contributed by atoms with Crippen molar-refractivity contribution < 1.29 is 13.6 Å². The molecule has 0 saturated heterocycles. The third-order valence-corrected chi connectivity index (χ3v) is 3.39. The van der Waals surface area contributed by atoms with Crippen LogP contribution in [0.3, 0.4) is 0 Å². The van der Waals surface area contributed by atoms with Gasteiger partial charge in [-0.2, -0.15) is 0 Å². The van der Waals surface area contributed by atoms with E-state index in [4.69, 9.17) is 0 Å². The molecule has 0 aliphatic heterocycles. The molecule has 0 bridgehead atoms. The van der Waals surface area contributed by atoms with E-state index in [9.17, 15) is 13.6 Å². The summed E-state index contributed by atoms with van der Waals surface area (Å²) in [5.74, 6) is -2.22. The molecule has 0 saturated carbocycles. The van der Waals surface area contributed by atoms with Gasteiger partial charge in [0.25, 0.3) is 5.91 Å². The quantitative estimate of drug-likeness (QED) is 0.747. The van der Waals surface area contributed by atoms with Crippen LogP contribution in [0.4, 0.5) is 14.5 Å². The van der Waals surface area contributed by atoms with E-state index in [0.717, 1.165) is 17.8 Å². The summed E-state index contributed by atoms with van der Waals surface area (Å²) in [6.07, 6.45) is 1.76. The lowest BCUT2D eigenvalue weighted by Gasteiger charge is -2.07. The zero-order valence-electron chi connectivity index (χ0n) is 13.3. The van der Waals surface area contributed by atoms with Crippen LogP contribution in [0.5, 0.6) is 0 Å². The second-order valence-electron chi connectivity index (χ2n) is 5.35. The van der Waals surface area contributed by atoms with Crippen molar-refractivity contribution >= 4 is 11.6 Å². The van der Waals surface area contributed by atoms with Gasteiger partial charge in [-0.15, -0.1) is 5.10 Å². The van der Waals surface area contributed by atoms with E-state index >= 15 is 0 Å². The highest BCUT2D eigenvalue weighted by Crippen LogP contribution is 2.16. The average molecular weight is 343 g/mol. The molecular weight excluding hydrogens is 328 g/mol. The van der Waals surface area contributed by atoms with Gasteiger partial charge in [0.2, 0.25) is 0 Å². The van der Waals surface area contributed by atoms with Gasteiger partial charge in [0.1, 0.15) is 11.6 Å². The monoisotopic (exact) mass is 343 g/mol. The van der Waals surface area contributed by atoms with Crippen LogP contribution in [0.1, 0.15) is 16.1 Å². The third-order valence-electron chi connectivity index (χ3n) is 3.39. The van der Waals surface area contributed by atoms with E-state index in [0.29, 0.717) is 24.0 Å². The van der Waals surface area contributed by atoms with Gasteiger partial charge in [-0.05, 0) is 37.4 Å². The Hall–Kier alpha value is -3.13. The summed E-state index contributed by atoms with van der Waals surface area (Å²) in [6.45, 7) is 0.585. The lowest BCUT2D eigenvalue weighted by atomic mass is 10.2. The fraction of sp³-hybridized carbons (Fsp3) is 0.118. The van der Waals surface area contributed by atoms with E-state index < -0.39 is 17.5 Å². The number of aromatic nitrogens is 3. The van der Waals surface area contributed by atoms with Crippen LogP contribution in [0, 0.1) is 11.6 Å². The average Bonchev–Trinajstić information content (AvgIpc) is 3.03. The molecule has 1 aromatic heterocycles. The van der Waals surface area contributed by atoms with Gasteiger partial charge in [0.05, 0.1) is 17.6 Å². The summed E-state index contributed by atoms with van der Waals surface area (Å²) in [6, 6.07) is 9.55. The van der Waals surface area contributed by atoms with Gasteiger partial charge in [-0.3, -0.25) is 4.79 Å². The molecule has 0 spiro atoms. The molecule has 3 aromatic rings. The van der Waals surface area contributed by atoms with Crippen LogP contribution < -0.4 is 10.6 Å². The van der Waals surface area contributed by atoms with Crippen molar-refractivity contribution in [2.24, 2.45) is 0 Å². The number of carbonyl (C=O) groups is 1. The van der Waals surface area contributed by atoms with E-state index in [2.05, 4.69) is 20.9 Å². The number of carbonyl (C=O) groups excluding carboxylic acids is 1. The molecular formula is C17H15F2N5O. The van der Waals surface area contributed by atoms with Crippen molar-refractivity contribution in [1.29, 1.82) is 0 Å². The maximum Gasteiger partial charge on any atom is 0.255 e. The molecule has 1 heterocycles. The molecule has 128 valence electrons. The van der Waals surface area contributed by atoms with Crippen molar-refractivity contribution in [3.8, 4) is 5.69 Å². The number of amides is 1. The first kappa shape index (κ1) is 16.7. The number of benzene rings is 2. The zero-order chi connectivity index (χ0) is 17.8. The fourth-order valence-electron chi connectivity index (χ4n) is 2.30. The molecule has 0 atom stereocenters. The predicted molar refractivity (Wildman–Crippen MR) is 88.4 cm³/mol. The number of halogens is 2. The molecule has 3 rings (SSSR count). The van der Waals surface area contributed by atoms with E-state index in [-0.39, 0.29) is 5.56 Å². The summed E-state index contributed by atoms with van der Waals surface area (Å²) in [7, 11) is 1.81. The maximum absolute atomic E-state index is 13.2. The Morgan fingerprint density at radius 1 is 1.16 bits per heavy atom. The van der Waals surface area contributed by atoms with Crippen molar-refractivity contribution in [1.82, 2.24) is 20.3 Å². The Bertz CT molecular complexity index is 889. The smallest absolute Gasteiger partial charge is 0.255 e. The van der Waals surface area contributed by atoms with Crippen LogP contribution in [0.15, 0.2) is 48.7 Å². The summed E-state index contributed by atoms with van der Waals surface area (Å²) >= 11 is 0. The van der Waals surface area contributed by atoms with Gasteiger partial charge in [-0.25, -0.2) is 13.5 Å². The number of rotatable bonds is 5. The number of anilines is 1. The first-order valence-electron chi connectivity index (χ1n) is 7.49. The van der Waals surface area contributed by atoms with Crippen LogP contribution in [0.25, 0.3) is 5.69 Å². The third kappa shape index (κ3) is 4.04. The molecule has 0 aliphatic rings. The highest BCUT2D eigenvalue weighted by molar-refractivity contribution is 6.04. The highest BCUT2D eigenvalue weighted by Gasteiger charge is 2.10. The minimum atomic E-state index is -0.807. The first-order valence-corrected chi connectivity index (χ1v) is 7.49. The standard InChI is InChI=1S/C17H15F2N5O/c1-20-9-15-10-24(23-22-15)16-4-2-3-14(8-16)21-17(25)11-5-12(18)7-13(19)6-11/h2-8,10,20H,9H2,1H3,(H,21,25). The molecule has 0 unspecified atom stereocenters. The lowest BCUT2D eigenvalue weighted by Crippen LogP contribution is -2.12. The fourth-order valence-corrected chi connectivity index (χ4v) is 2.30. The summed E-state index contributed by atoms with van der Waals surface area (Å²) in [4.78, 5) is 12.2. The maximum atomic E-state index is 13.2. The van der Waals surface area contributed by atoms with Gasteiger partial charge >= 0.3 is 0 Å². The van der Waals surface area contributed by atoms with Gasteiger partial charge in [-0.1, -0.05) is 11.3 Å². The van der Waals surface area contributed by atoms with Gasteiger partial charge < -0.3 is 10.6 Å². The summed E-state index contributed by atoms with van der Waals surface area (Å²) in [5.41, 5.74) is 1.84. The molecule has 8 heteroatoms. The van der Waals surface area contributed by atoms with Crippen molar-refractivity contribution in [3.05, 3.63) is 71.6 Å². The molecule has 2 N–H and O–H groups in total. The molecule has 1 amide bonds. The lowest BCUT2D eigenvalue weighted by molar-refractivity contribution is 0.102. The molecule has 25 heavy (non-hydrogen) atoms. The summed E-state index contributed by atoms with van der Waals surface area (Å²) in [5, 5.41) is 13.6. The Balaban J connectivity index is 1.80. The predicted octanol–water partition coefficient (Wildman–Crippen LogP) is 2.52. The Morgan fingerprint density at radius 2 is 1.92 bits per heavy atom. The highest BCUT2D eigenvalue weighted by atomic mass is 19.1. The Kier molecular flexibility index (Phi) is 4.80. The van der Waals surface area contributed by atoms with Crippen LogP contribution in [-0.4, -0.2) is 27.9 Å². The second-order valence-corrected chi connectivity index (χ2v) is 5.35. The number of hydrogen-bond donors (Lipinski definition) is 2. The topological polar surface area (TPSA) is 71.8 Å². The first-order chi connectivity index (χ1) is 12.0. The number of nitrogens with one attached hydrogen (secondary N) is 2. The van der Waals surface area contributed by atoms with E-state index in [1.54, 1.807) is 35.1 Å². The minimum absolute atomic E-state index is 0.0973. The minimum Gasteiger partial charge on any atom is -0.322 e. The van der Waals surface area contributed by atoms with Crippen LogP contribution >= 0.6 is 0 Å². The van der Waals surface area contributed by atoms with Gasteiger partial charge in [0.15, 0.2) is 0 Å². The molecule has 0 fully saturated rings. The molecule has 0 aliphatic carbocycles. The molecule has 6 nitrogen and oxygen atoms in total. The largest absolute Gasteiger partial charge is 0.322 e. The van der Waals surface area contributed by atoms with Crippen molar-refractivity contribution in [2.45, 2.75) is 6.54 Å². The number of nitrogens with zero attached hydrogens (tertiary/aromatic N) is 3. The Morgan fingerprint density at radius 3 is 2.64 bits per heavy atom. The Labute approximate surface area is 142 Å². The van der Waals surface area contributed by atoms with E-state index in [1.165, 1.54) is 0 Å².